The van der Waals surface area contributed by atoms with E-state index in [-0.39, 0.29) is 0 Å². The minimum atomic E-state index is 0.452. The molecule has 0 spiro atoms. The first-order valence-electron chi connectivity index (χ1n) is 9.87. The summed E-state index contributed by atoms with van der Waals surface area (Å²) in [4.78, 5) is 6.86. The number of aromatic nitrogens is 3. The van der Waals surface area contributed by atoms with E-state index in [9.17, 15) is 0 Å². The molecule has 0 fully saturated rings. The van der Waals surface area contributed by atoms with E-state index in [2.05, 4.69) is 27.0 Å². The van der Waals surface area contributed by atoms with E-state index in [1.807, 2.05) is 48.5 Å². The average Bonchev–Trinajstić information content (AvgIpc) is 3.35. The molecule has 4 aromatic rings. The van der Waals surface area contributed by atoms with Gasteiger partial charge in [-0.1, -0.05) is 42.8 Å². The highest BCUT2D eigenvalue weighted by atomic mass is 35.5. The Balaban J connectivity index is 1.36. The summed E-state index contributed by atoms with van der Waals surface area (Å²) >= 11 is 6.23. The Bertz CT molecular complexity index is 1040. The molecule has 2 aromatic heterocycles. The van der Waals surface area contributed by atoms with Crippen molar-refractivity contribution in [2.24, 2.45) is 0 Å². The van der Waals surface area contributed by atoms with E-state index in [1.165, 1.54) is 0 Å². The maximum Gasteiger partial charge on any atom is 0.249 e. The van der Waals surface area contributed by atoms with Crippen molar-refractivity contribution in [3.8, 4) is 11.5 Å². The van der Waals surface area contributed by atoms with Crippen LogP contribution in [0.2, 0.25) is 5.02 Å². The molecule has 0 amide bonds. The van der Waals surface area contributed by atoms with Gasteiger partial charge in [-0.3, -0.25) is 4.90 Å². The van der Waals surface area contributed by atoms with E-state index in [1.54, 1.807) is 0 Å². The molecule has 0 bridgehead atoms. The number of oxazole rings is 1. The fourth-order valence-corrected chi connectivity index (χ4v) is 3.54. The van der Waals surface area contributed by atoms with Crippen LogP contribution in [0.25, 0.3) is 22.6 Å². The van der Waals surface area contributed by atoms with Crippen LogP contribution >= 0.6 is 11.6 Å². The van der Waals surface area contributed by atoms with Crippen molar-refractivity contribution in [2.45, 2.75) is 32.7 Å². The van der Waals surface area contributed by atoms with E-state index >= 15 is 0 Å². The van der Waals surface area contributed by atoms with Gasteiger partial charge in [0.25, 0.3) is 0 Å². The Hall–Kier alpha value is -2.70. The Labute approximate surface area is 174 Å². The topological polar surface area (TPSA) is 68.2 Å². The first-order chi connectivity index (χ1) is 14.2. The Kier molecular flexibility index (Phi) is 6.22. The summed E-state index contributed by atoms with van der Waals surface area (Å²) in [6.07, 6.45) is 2.79. The third-order valence-electron chi connectivity index (χ3n) is 4.67. The minimum Gasteiger partial charge on any atom is -0.441 e. The number of fused-ring (bicyclic) bond motifs is 1. The zero-order valence-corrected chi connectivity index (χ0v) is 17.1. The molecule has 2 heterocycles. The summed E-state index contributed by atoms with van der Waals surface area (Å²) in [5, 5.41) is 8.97. The summed E-state index contributed by atoms with van der Waals surface area (Å²) in [5.74, 6) is 1.82. The van der Waals surface area contributed by atoms with Crippen LogP contribution < -0.4 is 0 Å². The van der Waals surface area contributed by atoms with Gasteiger partial charge in [-0.15, -0.1) is 10.2 Å². The molecule has 150 valence electrons. The van der Waals surface area contributed by atoms with Crippen LogP contribution in [-0.4, -0.2) is 33.2 Å². The number of para-hydroxylation sites is 2. The molecule has 2 aromatic carbocycles. The van der Waals surface area contributed by atoms with E-state index in [0.29, 0.717) is 23.3 Å². The van der Waals surface area contributed by atoms with Crippen molar-refractivity contribution >= 4 is 22.7 Å². The first-order valence-corrected chi connectivity index (χ1v) is 10.2. The molecule has 0 N–H and O–H groups in total. The fourth-order valence-electron chi connectivity index (χ4n) is 3.32. The van der Waals surface area contributed by atoms with Crippen LogP contribution in [0.15, 0.2) is 57.4 Å². The molecule has 6 nitrogen and oxygen atoms in total. The second-order valence-corrected chi connectivity index (χ2v) is 7.34. The predicted octanol–water partition coefficient (Wildman–Crippen LogP) is 5.38. The molecule has 0 saturated heterocycles. The normalized spacial score (nSPS) is 11.6. The summed E-state index contributed by atoms with van der Waals surface area (Å²) in [5.41, 5.74) is 2.50. The molecule has 4 rings (SSSR count). The minimum absolute atomic E-state index is 0.452. The van der Waals surface area contributed by atoms with Gasteiger partial charge in [-0.25, -0.2) is 4.98 Å². The Morgan fingerprint density at radius 3 is 2.59 bits per heavy atom. The number of hydrogen-bond donors (Lipinski definition) is 0. The Morgan fingerprint density at radius 1 is 0.931 bits per heavy atom. The number of rotatable bonds is 9. The standard InChI is InChI=1S/C22H23ClN4O2/c1-2-13-27(14-7-12-20-24-18-10-5-6-11-19(18)28-20)15-21-25-26-22(29-21)16-8-3-4-9-17(16)23/h3-6,8-11H,2,7,12-15H2,1H3. The summed E-state index contributed by atoms with van der Waals surface area (Å²) in [6.45, 7) is 4.63. The highest BCUT2D eigenvalue weighted by molar-refractivity contribution is 6.33. The van der Waals surface area contributed by atoms with Gasteiger partial charge in [0.15, 0.2) is 11.5 Å². The van der Waals surface area contributed by atoms with Crippen LogP contribution in [0.5, 0.6) is 0 Å². The molecular formula is C22H23ClN4O2. The van der Waals surface area contributed by atoms with Crippen LogP contribution in [0.1, 0.15) is 31.5 Å². The van der Waals surface area contributed by atoms with Crippen LogP contribution in [-0.2, 0) is 13.0 Å². The maximum atomic E-state index is 6.23. The molecule has 0 atom stereocenters. The third-order valence-corrected chi connectivity index (χ3v) is 5.00. The van der Waals surface area contributed by atoms with Gasteiger partial charge in [-0.2, -0.15) is 0 Å². The van der Waals surface area contributed by atoms with Crippen molar-refractivity contribution in [2.75, 3.05) is 13.1 Å². The molecule has 0 unspecified atom stereocenters. The maximum absolute atomic E-state index is 6.23. The number of halogens is 1. The zero-order valence-electron chi connectivity index (χ0n) is 16.3. The monoisotopic (exact) mass is 410 g/mol. The molecule has 7 heteroatoms. The second-order valence-electron chi connectivity index (χ2n) is 6.94. The van der Waals surface area contributed by atoms with Crippen molar-refractivity contribution in [3.63, 3.8) is 0 Å². The molecule has 0 aliphatic carbocycles. The van der Waals surface area contributed by atoms with Gasteiger partial charge in [-0.05, 0) is 50.2 Å². The predicted molar refractivity (Wildman–Crippen MR) is 113 cm³/mol. The molecule has 0 aliphatic heterocycles. The SMILES string of the molecule is CCCN(CCCc1nc2ccccc2o1)Cc1nnc(-c2ccccc2Cl)o1. The summed E-state index contributed by atoms with van der Waals surface area (Å²) < 4.78 is 11.7. The number of aryl methyl sites for hydroxylation is 1. The van der Waals surface area contributed by atoms with Gasteiger partial charge in [0, 0.05) is 6.42 Å². The highest BCUT2D eigenvalue weighted by Gasteiger charge is 2.15. The molecule has 0 aliphatic rings. The quantitative estimate of drug-likeness (QED) is 0.369. The summed E-state index contributed by atoms with van der Waals surface area (Å²) in [7, 11) is 0. The number of hydrogen-bond acceptors (Lipinski definition) is 6. The Morgan fingerprint density at radius 2 is 1.76 bits per heavy atom. The van der Waals surface area contributed by atoms with Crippen LogP contribution in [0.3, 0.4) is 0 Å². The van der Waals surface area contributed by atoms with Crippen LogP contribution in [0.4, 0.5) is 0 Å². The van der Waals surface area contributed by atoms with Crippen LogP contribution in [0, 0.1) is 0 Å². The van der Waals surface area contributed by atoms with Crippen molar-refractivity contribution in [3.05, 3.63) is 65.3 Å². The lowest BCUT2D eigenvalue weighted by Gasteiger charge is -2.19. The smallest absolute Gasteiger partial charge is 0.249 e. The van der Waals surface area contributed by atoms with E-state index in [4.69, 9.17) is 20.4 Å². The van der Waals surface area contributed by atoms with Gasteiger partial charge < -0.3 is 8.83 Å². The molecule has 29 heavy (non-hydrogen) atoms. The van der Waals surface area contributed by atoms with Crippen molar-refractivity contribution < 1.29 is 8.83 Å². The van der Waals surface area contributed by atoms with Gasteiger partial charge >= 0.3 is 0 Å². The number of nitrogens with zero attached hydrogens (tertiary/aromatic N) is 4. The fraction of sp³-hybridized carbons (Fsp3) is 0.318. The lowest BCUT2D eigenvalue weighted by Crippen LogP contribution is -2.25. The van der Waals surface area contributed by atoms with Crippen molar-refractivity contribution in [1.29, 1.82) is 0 Å². The second kappa shape index (κ2) is 9.20. The largest absolute Gasteiger partial charge is 0.441 e. The van der Waals surface area contributed by atoms with Gasteiger partial charge in [0.1, 0.15) is 5.52 Å². The molecule has 0 saturated carbocycles. The average molecular weight is 411 g/mol. The van der Waals surface area contributed by atoms with Crippen molar-refractivity contribution in [1.82, 2.24) is 20.1 Å². The zero-order chi connectivity index (χ0) is 20.1. The summed E-state index contributed by atoms with van der Waals surface area (Å²) in [6, 6.07) is 15.3. The molecular weight excluding hydrogens is 388 g/mol. The van der Waals surface area contributed by atoms with Gasteiger partial charge in [0.2, 0.25) is 11.8 Å². The van der Waals surface area contributed by atoms with Gasteiger partial charge in [0.05, 0.1) is 17.1 Å². The lowest BCUT2D eigenvalue weighted by molar-refractivity contribution is 0.235. The molecule has 0 radical (unpaired) electrons. The third kappa shape index (κ3) is 4.83. The highest BCUT2D eigenvalue weighted by Crippen LogP contribution is 2.26. The lowest BCUT2D eigenvalue weighted by atomic mass is 10.2. The number of benzene rings is 2. The van der Waals surface area contributed by atoms with E-state index < -0.39 is 0 Å². The first kappa shape index (κ1) is 19.6. The van der Waals surface area contributed by atoms with E-state index in [0.717, 1.165) is 54.9 Å².